The van der Waals surface area contributed by atoms with Crippen molar-refractivity contribution in [2.45, 2.75) is 61.9 Å². The second-order valence-corrected chi connectivity index (χ2v) is 10.4. The first-order valence-corrected chi connectivity index (χ1v) is 13.1. The molecule has 1 unspecified atom stereocenters. The Morgan fingerprint density at radius 3 is 2.56 bits per heavy atom. The summed E-state index contributed by atoms with van der Waals surface area (Å²) in [4.78, 5) is 24.9. The van der Waals surface area contributed by atoms with Crippen molar-refractivity contribution >= 4 is 21.9 Å². The number of ether oxygens (including phenoxy) is 2. The molecule has 0 aromatic heterocycles. The van der Waals surface area contributed by atoms with E-state index >= 15 is 0 Å². The van der Waals surface area contributed by atoms with Crippen LogP contribution in [0.3, 0.4) is 0 Å². The lowest BCUT2D eigenvalue weighted by atomic mass is 9.88. The first kappa shape index (κ1) is 24.2. The average Bonchev–Trinajstić information content (AvgIpc) is 3.34. The van der Waals surface area contributed by atoms with Gasteiger partial charge in [-0.2, -0.15) is 0 Å². The molecule has 8 nitrogen and oxygen atoms in total. The number of hydrogen-bond acceptors (Lipinski definition) is 6. The second kappa shape index (κ2) is 10.6. The highest BCUT2D eigenvalue weighted by Crippen LogP contribution is 2.30. The maximum atomic E-state index is 12.9. The third kappa shape index (κ3) is 5.59. The van der Waals surface area contributed by atoms with Crippen LogP contribution in [0.25, 0.3) is 0 Å². The standard InChI is InChI=1S/C25H30N2O6S/c1-32-22-14-13-18(15-23(22)34(30,31)27-19-9-3-4-10-19)25(29)33-16-24(28)26-21-12-6-8-17-7-2-5-11-20(17)21/h2,5,7,11,13-15,19,21,27H,3-4,6,8-10,12,16H2,1H3,(H,26,28). The summed E-state index contributed by atoms with van der Waals surface area (Å²) in [6.45, 7) is -0.452. The van der Waals surface area contributed by atoms with Crippen molar-refractivity contribution in [1.29, 1.82) is 0 Å². The zero-order chi connectivity index (χ0) is 24.1. The summed E-state index contributed by atoms with van der Waals surface area (Å²) in [6.07, 6.45) is 6.30. The number of hydrogen-bond donors (Lipinski definition) is 2. The molecule has 0 saturated heterocycles. The zero-order valence-corrected chi connectivity index (χ0v) is 20.0. The lowest BCUT2D eigenvalue weighted by molar-refractivity contribution is -0.125. The molecular formula is C25H30N2O6S. The van der Waals surface area contributed by atoms with E-state index in [1.54, 1.807) is 0 Å². The predicted octanol–water partition coefficient (Wildman–Crippen LogP) is 3.27. The molecule has 34 heavy (non-hydrogen) atoms. The van der Waals surface area contributed by atoms with Crippen LogP contribution in [0.2, 0.25) is 0 Å². The molecule has 1 fully saturated rings. The van der Waals surface area contributed by atoms with E-state index in [-0.39, 0.29) is 28.3 Å². The topological polar surface area (TPSA) is 111 Å². The summed E-state index contributed by atoms with van der Waals surface area (Å²) in [6, 6.07) is 11.8. The van der Waals surface area contributed by atoms with E-state index in [9.17, 15) is 18.0 Å². The quantitative estimate of drug-likeness (QED) is 0.554. The number of carbonyl (C=O) groups excluding carboxylic acids is 2. The van der Waals surface area contributed by atoms with Crippen molar-refractivity contribution in [1.82, 2.24) is 10.0 Å². The van der Waals surface area contributed by atoms with Gasteiger partial charge in [0.05, 0.1) is 18.7 Å². The minimum atomic E-state index is -3.88. The van der Waals surface area contributed by atoms with E-state index in [1.807, 2.05) is 18.2 Å². The van der Waals surface area contributed by atoms with E-state index in [4.69, 9.17) is 9.47 Å². The fraction of sp³-hybridized carbons (Fsp3) is 0.440. The fourth-order valence-corrected chi connectivity index (χ4v) is 6.19. The molecule has 0 heterocycles. The van der Waals surface area contributed by atoms with Crippen LogP contribution in [-0.2, 0) is 26.0 Å². The molecular weight excluding hydrogens is 456 g/mol. The maximum Gasteiger partial charge on any atom is 0.338 e. The number of rotatable bonds is 8. The number of sulfonamides is 1. The Bertz CT molecular complexity index is 1160. The zero-order valence-electron chi connectivity index (χ0n) is 19.2. The number of carbonyl (C=O) groups is 2. The average molecular weight is 487 g/mol. The van der Waals surface area contributed by atoms with Gasteiger partial charge in [0.15, 0.2) is 6.61 Å². The Balaban J connectivity index is 1.40. The molecule has 2 aliphatic rings. The van der Waals surface area contributed by atoms with Crippen LogP contribution in [0.15, 0.2) is 47.4 Å². The van der Waals surface area contributed by atoms with Gasteiger partial charge in [-0.25, -0.2) is 17.9 Å². The Morgan fingerprint density at radius 2 is 1.79 bits per heavy atom. The van der Waals surface area contributed by atoms with Gasteiger partial charge in [0, 0.05) is 6.04 Å². The van der Waals surface area contributed by atoms with Crippen LogP contribution in [0.5, 0.6) is 5.75 Å². The lowest BCUT2D eigenvalue weighted by Crippen LogP contribution is -2.34. The number of fused-ring (bicyclic) bond motifs is 1. The molecule has 1 atom stereocenters. The number of amides is 1. The van der Waals surface area contributed by atoms with Crippen LogP contribution in [-0.4, -0.2) is 40.1 Å². The minimum absolute atomic E-state index is 0.0309. The van der Waals surface area contributed by atoms with E-state index in [1.165, 1.54) is 30.9 Å². The number of aryl methyl sites for hydroxylation is 1. The van der Waals surface area contributed by atoms with Gasteiger partial charge in [-0.05, 0) is 61.4 Å². The number of benzene rings is 2. The number of methoxy groups -OCH3 is 1. The first-order chi connectivity index (χ1) is 16.4. The van der Waals surface area contributed by atoms with Crippen LogP contribution in [0, 0.1) is 0 Å². The van der Waals surface area contributed by atoms with Crippen molar-refractivity contribution in [3.63, 3.8) is 0 Å². The monoisotopic (exact) mass is 486 g/mol. The molecule has 2 aromatic carbocycles. The Labute approximate surface area is 200 Å². The molecule has 9 heteroatoms. The van der Waals surface area contributed by atoms with Crippen molar-refractivity contribution in [2.24, 2.45) is 0 Å². The first-order valence-electron chi connectivity index (χ1n) is 11.6. The molecule has 0 spiro atoms. The molecule has 1 saturated carbocycles. The fourth-order valence-electron chi connectivity index (χ4n) is 4.69. The number of nitrogens with one attached hydrogen (secondary N) is 2. The normalized spacial score (nSPS) is 18.2. The molecule has 0 bridgehead atoms. The van der Waals surface area contributed by atoms with E-state index in [0.717, 1.165) is 50.5 Å². The third-order valence-electron chi connectivity index (χ3n) is 6.40. The van der Waals surface area contributed by atoms with Gasteiger partial charge in [0.2, 0.25) is 10.0 Å². The molecule has 182 valence electrons. The minimum Gasteiger partial charge on any atom is -0.495 e. The molecule has 0 aliphatic heterocycles. The smallest absolute Gasteiger partial charge is 0.338 e. The van der Waals surface area contributed by atoms with E-state index < -0.39 is 28.5 Å². The lowest BCUT2D eigenvalue weighted by Gasteiger charge is -2.26. The third-order valence-corrected chi connectivity index (χ3v) is 7.95. The van der Waals surface area contributed by atoms with Gasteiger partial charge in [-0.1, -0.05) is 37.1 Å². The summed E-state index contributed by atoms with van der Waals surface area (Å²) in [5, 5.41) is 2.93. The summed E-state index contributed by atoms with van der Waals surface area (Å²) >= 11 is 0. The molecule has 2 N–H and O–H groups in total. The SMILES string of the molecule is COc1ccc(C(=O)OCC(=O)NC2CCCc3ccccc32)cc1S(=O)(=O)NC1CCCC1. The van der Waals surface area contributed by atoms with Crippen molar-refractivity contribution < 1.29 is 27.5 Å². The highest BCUT2D eigenvalue weighted by atomic mass is 32.2. The summed E-state index contributed by atoms with van der Waals surface area (Å²) in [5.74, 6) is -1.05. The van der Waals surface area contributed by atoms with E-state index in [2.05, 4.69) is 16.1 Å². The Kier molecular flexibility index (Phi) is 7.53. The molecule has 2 aromatic rings. The molecule has 1 amide bonds. The molecule has 2 aliphatic carbocycles. The largest absolute Gasteiger partial charge is 0.495 e. The molecule has 4 rings (SSSR count). The Morgan fingerprint density at radius 1 is 1.03 bits per heavy atom. The number of esters is 1. The summed E-state index contributed by atoms with van der Waals surface area (Å²) in [5.41, 5.74) is 2.34. The van der Waals surface area contributed by atoms with Crippen LogP contribution in [0.4, 0.5) is 0 Å². The highest BCUT2D eigenvalue weighted by molar-refractivity contribution is 7.89. The van der Waals surface area contributed by atoms with Crippen molar-refractivity contribution in [3.05, 3.63) is 59.2 Å². The summed E-state index contributed by atoms with van der Waals surface area (Å²) in [7, 11) is -2.51. The summed E-state index contributed by atoms with van der Waals surface area (Å²) < 4.78 is 38.9. The highest BCUT2D eigenvalue weighted by Gasteiger charge is 2.27. The van der Waals surface area contributed by atoms with Gasteiger partial charge in [0.1, 0.15) is 10.6 Å². The van der Waals surface area contributed by atoms with Crippen molar-refractivity contribution in [2.75, 3.05) is 13.7 Å². The molecule has 0 radical (unpaired) electrons. The van der Waals surface area contributed by atoms with Crippen LogP contribution < -0.4 is 14.8 Å². The van der Waals surface area contributed by atoms with Crippen LogP contribution in [0.1, 0.15) is 66.1 Å². The maximum absolute atomic E-state index is 12.9. The van der Waals surface area contributed by atoms with Gasteiger partial charge in [-0.3, -0.25) is 4.79 Å². The van der Waals surface area contributed by atoms with Gasteiger partial charge in [-0.15, -0.1) is 0 Å². The Hall–Kier alpha value is -2.91. The van der Waals surface area contributed by atoms with Gasteiger partial charge in [0.25, 0.3) is 5.91 Å². The second-order valence-electron chi connectivity index (χ2n) is 8.76. The van der Waals surface area contributed by atoms with Gasteiger partial charge < -0.3 is 14.8 Å². The van der Waals surface area contributed by atoms with Crippen LogP contribution >= 0.6 is 0 Å². The predicted molar refractivity (Wildman–Crippen MR) is 126 cm³/mol. The van der Waals surface area contributed by atoms with E-state index in [0.29, 0.717) is 0 Å². The van der Waals surface area contributed by atoms with Gasteiger partial charge >= 0.3 is 5.97 Å². The van der Waals surface area contributed by atoms with Crippen molar-refractivity contribution in [3.8, 4) is 5.75 Å².